The molecule has 0 spiro atoms. The van der Waals surface area contributed by atoms with Gasteiger partial charge in [-0.2, -0.15) is 0 Å². The van der Waals surface area contributed by atoms with Gasteiger partial charge in [-0.05, 0) is 38.4 Å². The monoisotopic (exact) mass is 221 g/mol. The second-order valence-electron chi connectivity index (χ2n) is 4.69. The van der Waals surface area contributed by atoms with Gasteiger partial charge in [0.05, 0.1) is 5.76 Å². The Labute approximate surface area is 99.0 Å². The van der Waals surface area contributed by atoms with Crippen LogP contribution in [0.3, 0.4) is 0 Å². The summed E-state index contributed by atoms with van der Waals surface area (Å²) in [7, 11) is 0. The third kappa shape index (κ3) is 4.01. The zero-order valence-corrected chi connectivity index (χ0v) is 10.2. The molecule has 0 atom stereocenters. The molecule has 90 valence electrons. The van der Waals surface area contributed by atoms with Gasteiger partial charge in [0.15, 0.2) is 0 Å². The van der Waals surface area contributed by atoms with Crippen molar-refractivity contribution in [3.8, 4) is 0 Å². The fraction of sp³-hybridized carbons (Fsp3) is 0.714. The highest BCUT2D eigenvalue weighted by Gasteiger charge is 2.08. The standard InChI is InChI=1S/C14H23NO/c1-2-7-11-15(10-6-1)12-13-16-14-8-4-3-5-9-14/h3-4,9H,1-2,5-8,10-13H2. The Balaban J connectivity index is 1.61. The van der Waals surface area contributed by atoms with Crippen LogP contribution in [-0.2, 0) is 4.74 Å². The normalized spacial score (nSPS) is 22.6. The van der Waals surface area contributed by atoms with E-state index in [2.05, 4.69) is 23.1 Å². The molecule has 2 rings (SSSR count). The van der Waals surface area contributed by atoms with E-state index in [1.54, 1.807) is 0 Å². The molecule has 0 unspecified atom stereocenters. The van der Waals surface area contributed by atoms with Crippen LogP contribution in [0.5, 0.6) is 0 Å². The molecule has 0 saturated carbocycles. The number of ether oxygens (including phenoxy) is 1. The molecule has 0 radical (unpaired) electrons. The molecule has 2 heteroatoms. The van der Waals surface area contributed by atoms with Crippen molar-refractivity contribution in [3.05, 3.63) is 24.0 Å². The summed E-state index contributed by atoms with van der Waals surface area (Å²) in [5, 5.41) is 0. The molecule has 2 nitrogen and oxygen atoms in total. The highest BCUT2D eigenvalue weighted by atomic mass is 16.5. The summed E-state index contributed by atoms with van der Waals surface area (Å²) in [5.41, 5.74) is 0. The number of hydrogen-bond donors (Lipinski definition) is 0. The van der Waals surface area contributed by atoms with E-state index in [0.29, 0.717) is 0 Å². The number of allylic oxidation sites excluding steroid dienone is 3. The summed E-state index contributed by atoms with van der Waals surface area (Å²) in [4.78, 5) is 2.55. The van der Waals surface area contributed by atoms with E-state index in [4.69, 9.17) is 4.74 Å². The minimum Gasteiger partial charge on any atom is -0.497 e. The van der Waals surface area contributed by atoms with Gasteiger partial charge in [-0.15, -0.1) is 0 Å². The Hall–Kier alpha value is -0.760. The Morgan fingerprint density at radius 1 is 1.06 bits per heavy atom. The van der Waals surface area contributed by atoms with E-state index in [0.717, 1.165) is 31.8 Å². The van der Waals surface area contributed by atoms with Gasteiger partial charge in [0.1, 0.15) is 6.61 Å². The lowest BCUT2D eigenvalue weighted by Crippen LogP contribution is -2.28. The van der Waals surface area contributed by atoms with Crippen molar-refractivity contribution in [2.24, 2.45) is 0 Å². The smallest absolute Gasteiger partial charge is 0.100 e. The molecule has 0 amide bonds. The van der Waals surface area contributed by atoms with E-state index in [-0.39, 0.29) is 0 Å². The van der Waals surface area contributed by atoms with Crippen LogP contribution in [0.25, 0.3) is 0 Å². The van der Waals surface area contributed by atoms with Crippen molar-refractivity contribution >= 4 is 0 Å². The largest absolute Gasteiger partial charge is 0.497 e. The molecule has 1 saturated heterocycles. The summed E-state index contributed by atoms with van der Waals surface area (Å²) in [6.07, 6.45) is 14.2. The summed E-state index contributed by atoms with van der Waals surface area (Å²) < 4.78 is 5.79. The van der Waals surface area contributed by atoms with Crippen LogP contribution in [0.2, 0.25) is 0 Å². The molecule has 0 N–H and O–H groups in total. The molecule has 1 heterocycles. The van der Waals surface area contributed by atoms with Gasteiger partial charge in [0.2, 0.25) is 0 Å². The number of rotatable bonds is 4. The van der Waals surface area contributed by atoms with Crippen molar-refractivity contribution in [1.29, 1.82) is 0 Å². The SMILES string of the molecule is C1=CCC(OCCN2CCCCCC2)=CC1. The van der Waals surface area contributed by atoms with Crippen LogP contribution in [0, 0.1) is 0 Å². The molecule has 0 aromatic carbocycles. The lowest BCUT2D eigenvalue weighted by atomic mass is 10.2. The first-order valence-electron chi connectivity index (χ1n) is 6.64. The fourth-order valence-electron chi connectivity index (χ4n) is 2.36. The third-order valence-electron chi connectivity index (χ3n) is 3.36. The lowest BCUT2D eigenvalue weighted by molar-refractivity contribution is 0.156. The first kappa shape index (κ1) is 11.7. The summed E-state index contributed by atoms with van der Waals surface area (Å²) in [6.45, 7) is 4.49. The quantitative estimate of drug-likeness (QED) is 0.676. The summed E-state index contributed by atoms with van der Waals surface area (Å²) in [6, 6.07) is 0. The molecule has 16 heavy (non-hydrogen) atoms. The second-order valence-corrected chi connectivity index (χ2v) is 4.69. The molecule has 1 aliphatic heterocycles. The van der Waals surface area contributed by atoms with Crippen LogP contribution >= 0.6 is 0 Å². The van der Waals surface area contributed by atoms with Crippen LogP contribution in [0.4, 0.5) is 0 Å². The average molecular weight is 221 g/mol. The van der Waals surface area contributed by atoms with Crippen LogP contribution in [0.15, 0.2) is 24.0 Å². The Bertz CT molecular complexity index is 249. The minimum absolute atomic E-state index is 0.861. The van der Waals surface area contributed by atoms with Crippen molar-refractivity contribution in [1.82, 2.24) is 4.90 Å². The first-order chi connectivity index (χ1) is 7.95. The minimum atomic E-state index is 0.861. The average Bonchev–Trinajstić information content (AvgIpc) is 2.59. The third-order valence-corrected chi connectivity index (χ3v) is 3.36. The maximum Gasteiger partial charge on any atom is 0.100 e. The van der Waals surface area contributed by atoms with Crippen LogP contribution in [-0.4, -0.2) is 31.1 Å². The second kappa shape index (κ2) is 6.74. The Kier molecular flexibility index (Phi) is 4.94. The van der Waals surface area contributed by atoms with Gasteiger partial charge in [-0.25, -0.2) is 0 Å². The van der Waals surface area contributed by atoms with E-state index >= 15 is 0 Å². The molecule has 0 aromatic heterocycles. The highest BCUT2D eigenvalue weighted by molar-refractivity contribution is 5.09. The predicted molar refractivity (Wildman–Crippen MR) is 67.3 cm³/mol. The van der Waals surface area contributed by atoms with Crippen molar-refractivity contribution in [3.63, 3.8) is 0 Å². The molecule has 1 aliphatic carbocycles. The lowest BCUT2D eigenvalue weighted by Gasteiger charge is -2.20. The van der Waals surface area contributed by atoms with Gasteiger partial charge in [-0.1, -0.05) is 25.0 Å². The molecule has 0 bridgehead atoms. The molecule has 1 fully saturated rings. The highest BCUT2D eigenvalue weighted by Crippen LogP contribution is 2.13. The molecule has 2 aliphatic rings. The van der Waals surface area contributed by atoms with E-state index in [1.165, 1.54) is 38.8 Å². The van der Waals surface area contributed by atoms with Crippen molar-refractivity contribution in [2.75, 3.05) is 26.2 Å². The van der Waals surface area contributed by atoms with Crippen molar-refractivity contribution in [2.45, 2.75) is 38.5 Å². The summed E-state index contributed by atoms with van der Waals surface area (Å²) >= 11 is 0. The zero-order valence-electron chi connectivity index (χ0n) is 10.2. The van der Waals surface area contributed by atoms with Gasteiger partial charge in [0, 0.05) is 13.0 Å². The van der Waals surface area contributed by atoms with Crippen LogP contribution in [0.1, 0.15) is 38.5 Å². The van der Waals surface area contributed by atoms with Gasteiger partial charge >= 0.3 is 0 Å². The molecular weight excluding hydrogens is 198 g/mol. The zero-order chi connectivity index (χ0) is 11.1. The van der Waals surface area contributed by atoms with Gasteiger partial charge in [-0.3, -0.25) is 4.90 Å². The maximum absolute atomic E-state index is 5.79. The van der Waals surface area contributed by atoms with E-state index in [1.807, 2.05) is 0 Å². The fourth-order valence-corrected chi connectivity index (χ4v) is 2.36. The Morgan fingerprint density at radius 3 is 2.56 bits per heavy atom. The molecule has 0 aromatic rings. The van der Waals surface area contributed by atoms with E-state index < -0.39 is 0 Å². The molecular formula is C14H23NO. The van der Waals surface area contributed by atoms with E-state index in [9.17, 15) is 0 Å². The summed E-state index contributed by atoms with van der Waals surface area (Å²) in [5.74, 6) is 1.16. The first-order valence-corrected chi connectivity index (χ1v) is 6.64. The number of likely N-dealkylation sites (tertiary alicyclic amines) is 1. The maximum atomic E-state index is 5.79. The van der Waals surface area contributed by atoms with Gasteiger partial charge < -0.3 is 4.74 Å². The van der Waals surface area contributed by atoms with Crippen LogP contribution < -0.4 is 0 Å². The van der Waals surface area contributed by atoms with Crippen molar-refractivity contribution < 1.29 is 4.74 Å². The number of hydrogen-bond acceptors (Lipinski definition) is 2. The number of nitrogens with zero attached hydrogens (tertiary/aromatic N) is 1. The topological polar surface area (TPSA) is 12.5 Å². The van der Waals surface area contributed by atoms with Gasteiger partial charge in [0.25, 0.3) is 0 Å². The predicted octanol–water partition coefficient (Wildman–Crippen LogP) is 3.11. The Morgan fingerprint density at radius 2 is 1.88 bits per heavy atom.